The second-order valence-electron chi connectivity index (χ2n) is 8.89. The van der Waals surface area contributed by atoms with Crippen molar-refractivity contribution in [2.24, 2.45) is 5.92 Å². The summed E-state index contributed by atoms with van der Waals surface area (Å²) in [6, 6.07) is 7.18. The number of hydrogen-bond donors (Lipinski definition) is 3. The van der Waals surface area contributed by atoms with Gasteiger partial charge in [-0.1, -0.05) is 11.6 Å². The SMILES string of the molecule is Cc1cc(F)ccc1Oc1cc(C(F)(F)F)c(Cl)cc1C(=O)Nc1ccnc(S(=O)(=O)NCC2CCNC2)c1. The molecule has 2 heterocycles. The predicted octanol–water partition coefficient (Wildman–Crippen LogP) is 5.13. The average molecular weight is 587 g/mol. The van der Waals surface area contributed by atoms with E-state index in [0.29, 0.717) is 12.6 Å². The van der Waals surface area contributed by atoms with E-state index in [1.807, 2.05) is 0 Å². The number of pyridine rings is 1. The summed E-state index contributed by atoms with van der Waals surface area (Å²) in [5.74, 6) is -1.85. The number of aryl methyl sites for hydroxylation is 1. The van der Waals surface area contributed by atoms with Gasteiger partial charge in [0.15, 0.2) is 5.03 Å². The third kappa shape index (κ3) is 7.04. The van der Waals surface area contributed by atoms with E-state index >= 15 is 0 Å². The lowest BCUT2D eigenvalue weighted by atomic mass is 10.1. The highest BCUT2D eigenvalue weighted by molar-refractivity contribution is 7.89. The zero-order valence-corrected chi connectivity index (χ0v) is 22.0. The number of hydrogen-bond acceptors (Lipinski definition) is 6. The molecule has 0 spiro atoms. The van der Waals surface area contributed by atoms with Crippen LogP contribution in [0.15, 0.2) is 53.7 Å². The Balaban J connectivity index is 1.62. The number of nitrogens with zero attached hydrogens (tertiary/aromatic N) is 1. The maximum absolute atomic E-state index is 13.5. The van der Waals surface area contributed by atoms with Gasteiger partial charge in [0.1, 0.15) is 17.3 Å². The summed E-state index contributed by atoms with van der Waals surface area (Å²) in [4.78, 5) is 17.0. The molecule has 1 aromatic heterocycles. The highest BCUT2D eigenvalue weighted by atomic mass is 35.5. The van der Waals surface area contributed by atoms with Crippen LogP contribution >= 0.6 is 11.6 Å². The van der Waals surface area contributed by atoms with Gasteiger partial charge in [-0.2, -0.15) is 13.2 Å². The van der Waals surface area contributed by atoms with Crippen molar-refractivity contribution in [2.45, 2.75) is 24.5 Å². The van der Waals surface area contributed by atoms with Crippen molar-refractivity contribution in [1.29, 1.82) is 0 Å². The summed E-state index contributed by atoms with van der Waals surface area (Å²) in [5.41, 5.74) is -1.33. The summed E-state index contributed by atoms with van der Waals surface area (Å²) in [7, 11) is -4.00. The van der Waals surface area contributed by atoms with Gasteiger partial charge in [0.05, 0.1) is 16.1 Å². The van der Waals surface area contributed by atoms with Crippen LogP contribution in [-0.2, 0) is 16.2 Å². The van der Waals surface area contributed by atoms with Gasteiger partial charge in [0.25, 0.3) is 15.9 Å². The third-order valence-electron chi connectivity index (χ3n) is 5.97. The maximum Gasteiger partial charge on any atom is 0.417 e. The molecule has 14 heteroatoms. The van der Waals surface area contributed by atoms with Crippen LogP contribution in [0.25, 0.3) is 0 Å². The van der Waals surface area contributed by atoms with Crippen molar-refractivity contribution in [3.05, 3.63) is 76.2 Å². The lowest BCUT2D eigenvalue weighted by Gasteiger charge is -2.17. The lowest BCUT2D eigenvalue weighted by Crippen LogP contribution is -2.31. The first-order chi connectivity index (χ1) is 18.3. The molecule has 0 radical (unpaired) electrons. The molecular formula is C25H23ClF4N4O4S. The minimum atomic E-state index is -4.85. The molecule has 1 unspecified atom stereocenters. The normalized spacial score (nSPS) is 15.8. The van der Waals surface area contributed by atoms with E-state index in [0.717, 1.165) is 37.2 Å². The fraction of sp³-hybridized carbons (Fsp3) is 0.280. The average Bonchev–Trinajstić information content (AvgIpc) is 3.38. The molecule has 1 aliphatic heterocycles. The minimum Gasteiger partial charge on any atom is -0.456 e. The Morgan fingerprint density at radius 2 is 1.95 bits per heavy atom. The number of ether oxygens (including phenoxy) is 1. The molecule has 4 rings (SSSR count). The summed E-state index contributed by atoms with van der Waals surface area (Å²) in [6.07, 6.45) is -2.86. The minimum absolute atomic E-state index is 0.0119. The van der Waals surface area contributed by atoms with E-state index in [1.165, 1.54) is 25.3 Å². The van der Waals surface area contributed by atoms with E-state index in [9.17, 15) is 30.8 Å². The molecule has 0 aliphatic carbocycles. The van der Waals surface area contributed by atoms with Crippen molar-refractivity contribution >= 4 is 33.2 Å². The summed E-state index contributed by atoms with van der Waals surface area (Å²) in [5, 5.41) is 4.48. The molecule has 0 bridgehead atoms. The fourth-order valence-corrected chi connectivity index (χ4v) is 5.26. The van der Waals surface area contributed by atoms with Gasteiger partial charge in [-0.05, 0) is 74.3 Å². The van der Waals surface area contributed by atoms with E-state index in [2.05, 4.69) is 20.3 Å². The number of aromatic nitrogens is 1. The molecule has 2 aromatic carbocycles. The summed E-state index contributed by atoms with van der Waals surface area (Å²) in [6.45, 7) is 3.17. The van der Waals surface area contributed by atoms with Crippen LogP contribution in [0.4, 0.5) is 23.2 Å². The molecule has 1 saturated heterocycles. The van der Waals surface area contributed by atoms with Crippen molar-refractivity contribution < 1.29 is 35.5 Å². The van der Waals surface area contributed by atoms with Crippen LogP contribution in [0.5, 0.6) is 11.5 Å². The fourth-order valence-electron chi connectivity index (χ4n) is 3.90. The first-order valence-corrected chi connectivity index (χ1v) is 13.5. The zero-order valence-electron chi connectivity index (χ0n) is 20.4. The van der Waals surface area contributed by atoms with Crippen LogP contribution in [0.1, 0.15) is 27.9 Å². The predicted molar refractivity (Wildman–Crippen MR) is 136 cm³/mol. The zero-order chi connectivity index (χ0) is 28.4. The number of carbonyl (C=O) groups is 1. The molecule has 1 aliphatic rings. The summed E-state index contributed by atoms with van der Waals surface area (Å²) < 4.78 is 87.6. The van der Waals surface area contributed by atoms with Crippen molar-refractivity contribution in [3.8, 4) is 11.5 Å². The molecule has 1 atom stereocenters. The van der Waals surface area contributed by atoms with E-state index in [-0.39, 0.29) is 40.1 Å². The van der Waals surface area contributed by atoms with Crippen molar-refractivity contribution in [2.75, 3.05) is 25.0 Å². The number of carbonyl (C=O) groups excluding carboxylic acids is 1. The highest BCUT2D eigenvalue weighted by Gasteiger charge is 2.35. The van der Waals surface area contributed by atoms with Crippen LogP contribution < -0.4 is 20.1 Å². The van der Waals surface area contributed by atoms with Crippen LogP contribution in [0.2, 0.25) is 5.02 Å². The quantitative estimate of drug-likeness (QED) is 0.316. The Morgan fingerprint density at radius 1 is 1.18 bits per heavy atom. The Hall–Kier alpha value is -3.26. The second kappa shape index (κ2) is 11.5. The Kier molecular flexibility index (Phi) is 8.45. The number of anilines is 1. The molecule has 39 heavy (non-hydrogen) atoms. The number of halogens is 5. The van der Waals surface area contributed by atoms with Gasteiger partial charge in [0.2, 0.25) is 0 Å². The molecule has 1 fully saturated rings. The second-order valence-corrected chi connectivity index (χ2v) is 11.0. The van der Waals surface area contributed by atoms with Crippen LogP contribution in [0, 0.1) is 18.7 Å². The largest absolute Gasteiger partial charge is 0.456 e. The topological polar surface area (TPSA) is 109 Å². The highest BCUT2D eigenvalue weighted by Crippen LogP contribution is 2.40. The molecule has 8 nitrogen and oxygen atoms in total. The van der Waals surface area contributed by atoms with Crippen LogP contribution in [0.3, 0.4) is 0 Å². The standard InChI is InChI=1S/C25H23ClF4N4O4S/c1-14-8-16(27)2-3-21(14)38-22-11-19(25(28,29)30)20(26)10-18(22)24(35)34-17-5-7-32-23(9-17)39(36,37)33-13-15-4-6-31-12-15/h2-3,5,7-11,15,31,33H,4,6,12-13H2,1H3,(H,32,34,35). The summed E-state index contributed by atoms with van der Waals surface area (Å²) >= 11 is 5.85. The van der Waals surface area contributed by atoms with Gasteiger partial charge in [0, 0.05) is 24.5 Å². The van der Waals surface area contributed by atoms with Gasteiger partial charge < -0.3 is 15.4 Å². The smallest absolute Gasteiger partial charge is 0.417 e. The first-order valence-electron chi connectivity index (χ1n) is 11.7. The number of benzene rings is 2. The van der Waals surface area contributed by atoms with Crippen molar-refractivity contribution in [3.63, 3.8) is 0 Å². The van der Waals surface area contributed by atoms with Crippen LogP contribution in [-0.4, -0.2) is 38.9 Å². The Bertz CT molecular complexity index is 1500. The molecule has 3 aromatic rings. The van der Waals surface area contributed by atoms with E-state index in [4.69, 9.17) is 16.3 Å². The monoisotopic (exact) mass is 586 g/mol. The number of sulfonamides is 1. The molecule has 1 amide bonds. The molecule has 0 saturated carbocycles. The first kappa shape index (κ1) is 28.7. The van der Waals surface area contributed by atoms with E-state index in [1.54, 1.807) is 0 Å². The maximum atomic E-state index is 13.5. The third-order valence-corrected chi connectivity index (χ3v) is 7.60. The Labute approximate surface area is 226 Å². The Morgan fingerprint density at radius 3 is 2.62 bits per heavy atom. The van der Waals surface area contributed by atoms with Crippen molar-refractivity contribution in [1.82, 2.24) is 15.0 Å². The number of rotatable bonds is 8. The van der Waals surface area contributed by atoms with Gasteiger partial charge in [-0.3, -0.25) is 4.79 Å². The number of alkyl halides is 3. The van der Waals surface area contributed by atoms with E-state index < -0.39 is 44.3 Å². The number of nitrogens with one attached hydrogen (secondary N) is 3. The van der Waals surface area contributed by atoms with Gasteiger partial charge in [-0.15, -0.1) is 0 Å². The van der Waals surface area contributed by atoms with Gasteiger partial charge in [-0.25, -0.2) is 22.5 Å². The molecule has 3 N–H and O–H groups in total. The molecule has 208 valence electrons. The lowest BCUT2D eigenvalue weighted by molar-refractivity contribution is -0.137. The van der Waals surface area contributed by atoms with Gasteiger partial charge >= 0.3 is 6.18 Å². The molecular weight excluding hydrogens is 564 g/mol. The number of amides is 1.